The molecular formula is C15H20BrNO2. The Kier molecular flexibility index (Phi) is 4.99. The molecule has 1 saturated carbocycles. The number of benzene rings is 1. The summed E-state index contributed by atoms with van der Waals surface area (Å²) < 4.78 is 6.48. The Hall–Kier alpha value is -0.870. The van der Waals surface area contributed by atoms with Crippen molar-refractivity contribution < 1.29 is 9.53 Å². The molecule has 1 aliphatic rings. The van der Waals surface area contributed by atoms with Crippen LogP contribution in [0.15, 0.2) is 28.7 Å². The Labute approximate surface area is 123 Å². The molecule has 2 rings (SSSR count). The molecular weight excluding hydrogens is 306 g/mol. The second-order valence-corrected chi connectivity index (χ2v) is 6.06. The summed E-state index contributed by atoms with van der Waals surface area (Å²) in [6, 6.07) is 8.44. The maximum atomic E-state index is 12.2. The molecule has 3 nitrogen and oxygen atoms in total. The third-order valence-electron chi connectivity index (χ3n) is 3.15. The molecule has 104 valence electrons. The highest BCUT2D eigenvalue weighted by Crippen LogP contribution is 2.30. The zero-order valence-electron chi connectivity index (χ0n) is 11.4. The van der Waals surface area contributed by atoms with Gasteiger partial charge in [-0.25, -0.2) is 0 Å². The third-order valence-corrected chi connectivity index (χ3v) is 3.92. The van der Waals surface area contributed by atoms with Crippen molar-refractivity contribution in [1.82, 2.24) is 4.90 Å². The smallest absolute Gasteiger partial charge is 0.249 e. The summed E-state index contributed by atoms with van der Waals surface area (Å²) in [5.41, 5.74) is 1.15. The first-order valence-electron chi connectivity index (χ1n) is 6.72. The summed E-state index contributed by atoms with van der Waals surface area (Å²) in [7, 11) is 0. The number of carbonyl (C=O) groups excluding carboxylic acids is 1. The van der Waals surface area contributed by atoms with E-state index in [2.05, 4.69) is 22.0 Å². The number of rotatable bonds is 6. The molecule has 1 aromatic carbocycles. The van der Waals surface area contributed by atoms with Crippen LogP contribution in [0.25, 0.3) is 0 Å². The van der Waals surface area contributed by atoms with Gasteiger partial charge in [-0.15, -0.1) is 0 Å². The number of ether oxygens (including phenoxy) is 1. The van der Waals surface area contributed by atoms with E-state index in [1.807, 2.05) is 36.9 Å². The number of hydrogen-bond donors (Lipinski definition) is 0. The van der Waals surface area contributed by atoms with Crippen LogP contribution in [0, 0.1) is 0 Å². The quantitative estimate of drug-likeness (QED) is 0.802. The zero-order valence-corrected chi connectivity index (χ0v) is 13.0. The number of amides is 1. The topological polar surface area (TPSA) is 29.5 Å². The molecule has 0 aliphatic heterocycles. The number of halogens is 1. The van der Waals surface area contributed by atoms with Gasteiger partial charge in [0.2, 0.25) is 5.91 Å². The van der Waals surface area contributed by atoms with Crippen LogP contribution < -0.4 is 0 Å². The molecule has 0 N–H and O–H groups in total. The van der Waals surface area contributed by atoms with Crippen LogP contribution in [-0.2, 0) is 16.1 Å². The van der Waals surface area contributed by atoms with Crippen LogP contribution in [-0.4, -0.2) is 29.6 Å². The van der Waals surface area contributed by atoms with Gasteiger partial charge in [-0.3, -0.25) is 4.79 Å². The lowest BCUT2D eigenvalue weighted by Crippen LogP contribution is -2.36. The molecule has 1 fully saturated rings. The maximum Gasteiger partial charge on any atom is 0.249 e. The van der Waals surface area contributed by atoms with Crippen LogP contribution in [0.5, 0.6) is 0 Å². The van der Waals surface area contributed by atoms with E-state index in [1.165, 1.54) is 0 Å². The molecule has 0 radical (unpaired) electrons. The van der Waals surface area contributed by atoms with E-state index in [-0.39, 0.29) is 18.6 Å². The highest BCUT2D eigenvalue weighted by molar-refractivity contribution is 9.10. The van der Waals surface area contributed by atoms with Gasteiger partial charge in [-0.05, 0) is 38.3 Å². The van der Waals surface area contributed by atoms with Crippen LogP contribution in [0.3, 0.4) is 0 Å². The SMILES string of the molecule is CC(C)OCC(=O)N(Cc1ccccc1Br)C1CC1. The molecule has 0 aromatic heterocycles. The molecule has 0 saturated heterocycles. The van der Waals surface area contributed by atoms with E-state index in [4.69, 9.17) is 4.74 Å². The summed E-state index contributed by atoms with van der Waals surface area (Å²) in [5, 5.41) is 0. The number of nitrogens with zero attached hydrogens (tertiary/aromatic N) is 1. The van der Waals surface area contributed by atoms with Crippen molar-refractivity contribution in [2.24, 2.45) is 0 Å². The molecule has 1 amide bonds. The van der Waals surface area contributed by atoms with E-state index in [0.717, 1.165) is 22.9 Å². The second-order valence-electron chi connectivity index (χ2n) is 5.20. The Bertz CT molecular complexity index is 444. The lowest BCUT2D eigenvalue weighted by Gasteiger charge is -2.23. The number of carbonyl (C=O) groups is 1. The normalized spacial score (nSPS) is 14.7. The Balaban J connectivity index is 2.00. The fourth-order valence-corrected chi connectivity index (χ4v) is 2.35. The van der Waals surface area contributed by atoms with Crippen molar-refractivity contribution in [2.45, 2.75) is 45.4 Å². The molecule has 0 heterocycles. The molecule has 0 bridgehead atoms. The molecule has 0 unspecified atom stereocenters. The summed E-state index contributed by atoms with van der Waals surface area (Å²) in [5.74, 6) is 0.0898. The van der Waals surface area contributed by atoms with Gasteiger partial charge in [-0.1, -0.05) is 34.1 Å². The van der Waals surface area contributed by atoms with E-state index in [0.29, 0.717) is 12.6 Å². The van der Waals surface area contributed by atoms with Gasteiger partial charge in [-0.2, -0.15) is 0 Å². The molecule has 19 heavy (non-hydrogen) atoms. The summed E-state index contributed by atoms with van der Waals surface area (Å²) >= 11 is 3.54. The highest BCUT2D eigenvalue weighted by atomic mass is 79.9. The lowest BCUT2D eigenvalue weighted by molar-refractivity contribution is -0.138. The van der Waals surface area contributed by atoms with Crippen LogP contribution in [0.2, 0.25) is 0 Å². The highest BCUT2D eigenvalue weighted by Gasteiger charge is 2.32. The fraction of sp³-hybridized carbons (Fsp3) is 0.533. The predicted octanol–water partition coefficient (Wildman–Crippen LogP) is 3.37. The van der Waals surface area contributed by atoms with Gasteiger partial charge in [0, 0.05) is 17.1 Å². The molecule has 4 heteroatoms. The standard InChI is InChI=1S/C15H20BrNO2/c1-11(2)19-10-15(18)17(13-7-8-13)9-12-5-3-4-6-14(12)16/h3-6,11,13H,7-10H2,1-2H3. The van der Waals surface area contributed by atoms with Crippen LogP contribution in [0.4, 0.5) is 0 Å². The van der Waals surface area contributed by atoms with Crippen molar-refractivity contribution in [3.8, 4) is 0 Å². The van der Waals surface area contributed by atoms with Crippen molar-refractivity contribution in [1.29, 1.82) is 0 Å². The molecule has 1 aromatic rings. The summed E-state index contributed by atoms with van der Waals surface area (Å²) in [6.45, 7) is 4.73. The minimum atomic E-state index is 0.0898. The average Bonchev–Trinajstić information content (AvgIpc) is 3.19. The van der Waals surface area contributed by atoms with Crippen LogP contribution in [0.1, 0.15) is 32.3 Å². The maximum absolute atomic E-state index is 12.2. The van der Waals surface area contributed by atoms with Gasteiger partial charge in [0.25, 0.3) is 0 Å². The molecule has 0 spiro atoms. The van der Waals surface area contributed by atoms with Crippen molar-refractivity contribution >= 4 is 21.8 Å². The van der Waals surface area contributed by atoms with Crippen molar-refractivity contribution in [3.63, 3.8) is 0 Å². The lowest BCUT2D eigenvalue weighted by atomic mass is 10.2. The van der Waals surface area contributed by atoms with Crippen molar-refractivity contribution in [3.05, 3.63) is 34.3 Å². The Morgan fingerprint density at radius 1 is 1.42 bits per heavy atom. The second kappa shape index (κ2) is 6.53. The van der Waals surface area contributed by atoms with E-state index in [1.54, 1.807) is 0 Å². The zero-order chi connectivity index (χ0) is 13.8. The van der Waals surface area contributed by atoms with Gasteiger partial charge in [0.1, 0.15) is 6.61 Å². The van der Waals surface area contributed by atoms with E-state index in [9.17, 15) is 4.79 Å². The Morgan fingerprint density at radius 2 is 2.11 bits per heavy atom. The molecule has 1 aliphatic carbocycles. The fourth-order valence-electron chi connectivity index (χ4n) is 1.94. The first-order valence-corrected chi connectivity index (χ1v) is 7.51. The summed E-state index contributed by atoms with van der Waals surface area (Å²) in [6.07, 6.45) is 2.31. The number of hydrogen-bond acceptors (Lipinski definition) is 2. The van der Waals surface area contributed by atoms with Gasteiger partial charge in [0.05, 0.1) is 6.10 Å². The van der Waals surface area contributed by atoms with Gasteiger partial charge < -0.3 is 9.64 Å². The van der Waals surface area contributed by atoms with Gasteiger partial charge in [0.15, 0.2) is 0 Å². The van der Waals surface area contributed by atoms with E-state index >= 15 is 0 Å². The first kappa shape index (κ1) is 14.5. The van der Waals surface area contributed by atoms with E-state index < -0.39 is 0 Å². The first-order chi connectivity index (χ1) is 9.08. The predicted molar refractivity (Wildman–Crippen MR) is 78.8 cm³/mol. The third kappa shape index (κ3) is 4.32. The van der Waals surface area contributed by atoms with Crippen LogP contribution >= 0.6 is 15.9 Å². The van der Waals surface area contributed by atoms with Crippen molar-refractivity contribution in [2.75, 3.05) is 6.61 Å². The minimum Gasteiger partial charge on any atom is -0.369 e. The minimum absolute atomic E-state index is 0.0898. The van der Waals surface area contributed by atoms with Gasteiger partial charge >= 0.3 is 0 Å². The largest absolute Gasteiger partial charge is 0.369 e. The average molecular weight is 326 g/mol. The Morgan fingerprint density at radius 3 is 2.68 bits per heavy atom. The monoisotopic (exact) mass is 325 g/mol. The molecule has 0 atom stereocenters. The summed E-state index contributed by atoms with van der Waals surface area (Å²) in [4.78, 5) is 14.2.